The van der Waals surface area contributed by atoms with Gasteiger partial charge in [0.15, 0.2) is 5.79 Å². The number of sulfonamides is 1. The van der Waals surface area contributed by atoms with Gasteiger partial charge in [0.05, 0.1) is 30.6 Å². The highest BCUT2D eigenvalue weighted by Gasteiger charge is 2.56. The predicted octanol–water partition coefficient (Wildman–Crippen LogP) is 2.39. The highest BCUT2D eigenvalue weighted by molar-refractivity contribution is 7.89. The van der Waals surface area contributed by atoms with Gasteiger partial charge in [-0.25, -0.2) is 8.42 Å². The van der Waals surface area contributed by atoms with Gasteiger partial charge >= 0.3 is 5.97 Å². The Bertz CT molecular complexity index is 1160. The topological polar surface area (TPSA) is 112 Å². The summed E-state index contributed by atoms with van der Waals surface area (Å²) in [7, 11) is -2.85. The van der Waals surface area contributed by atoms with E-state index < -0.39 is 46.1 Å². The first-order chi connectivity index (χ1) is 16.5. The number of aryl methyl sites for hydroxylation is 1. The molecule has 190 valence electrons. The summed E-state index contributed by atoms with van der Waals surface area (Å²) in [4.78, 5) is 12.2. The van der Waals surface area contributed by atoms with Crippen LogP contribution in [0.25, 0.3) is 0 Å². The summed E-state index contributed by atoms with van der Waals surface area (Å²) in [5, 5.41) is 10.7. The lowest BCUT2D eigenvalue weighted by Gasteiger charge is -2.42. The van der Waals surface area contributed by atoms with Crippen LogP contribution in [0.15, 0.2) is 53.4 Å². The fraction of sp³-hybridized carbons (Fsp3) is 0.480. The number of carbonyl (C=O) groups excluding carboxylic acids is 1. The van der Waals surface area contributed by atoms with Crippen LogP contribution in [0.3, 0.4) is 0 Å². The molecule has 2 fully saturated rings. The number of piperidine rings is 1. The van der Waals surface area contributed by atoms with Crippen LogP contribution in [-0.2, 0) is 35.6 Å². The molecule has 1 N–H and O–H groups in total. The Morgan fingerprint density at radius 3 is 2.43 bits per heavy atom. The zero-order valence-electron chi connectivity index (χ0n) is 20.2. The third-order valence-corrected chi connectivity index (χ3v) is 8.25. The van der Waals surface area contributed by atoms with Gasteiger partial charge in [0.1, 0.15) is 24.6 Å². The molecule has 4 atom stereocenters. The van der Waals surface area contributed by atoms with Crippen molar-refractivity contribution < 1.29 is 37.3 Å². The summed E-state index contributed by atoms with van der Waals surface area (Å²) < 4.78 is 50.7. The van der Waals surface area contributed by atoms with E-state index in [0.717, 1.165) is 15.4 Å². The van der Waals surface area contributed by atoms with Crippen LogP contribution >= 0.6 is 0 Å². The van der Waals surface area contributed by atoms with Gasteiger partial charge in [-0.2, -0.15) is 4.31 Å². The quantitative estimate of drug-likeness (QED) is 0.571. The smallest absolute Gasteiger partial charge is 0.307 e. The van der Waals surface area contributed by atoms with Crippen molar-refractivity contribution in [2.24, 2.45) is 0 Å². The third-order valence-electron chi connectivity index (χ3n) is 6.35. The minimum atomic E-state index is -4.09. The SMILES string of the molecule is COC(=O)C[C@@H]1[C@@H]2OC(C)(C)O[C@@H]2[C@H](O)CN1S(=O)(=O)c1ccc(OCc2ccccc2C)cc1. The fourth-order valence-corrected chi connectivity index (χ4v) is 6.18. The number of carbonyl (C=O) groups is 1. The van der Waals surface area contributed by atoms with Crippen molar-refractivity contribution in [1.29, 1.82) is 0 Å². The van der Waals surface area contributed by atoms with Gasteiger partial charge in [-0.1, -0.05) is 24.3 Å². The van der Waals surface area contributed by atoms with E-state index in [1.54, 1.807) is 26.0 Å². The van der Waals surface area contributed by atoms with Crippen LogP contribution in [0.2, 0.25) is 0 Å². The van der Waals surface area contributed by atoms with Gasteiger partial charge in [-0.15, -0.1) is 0 Å². The van der Waals surface area contributed by atoms with Crippen LogP contribution in [0.1, 0.15) is 31.4 Å². The van der Waals surface area contributed by atoms with E-state index in [9.17, 15) is 18.3 Å². The maximum absolute atomic E-state index is 13.6. The van der Waals surface area contributed by atoms with E-state index in [-0.39, 0.29) is 17.9 Å². The van der Waals surface area contributed by atoms with E-state index in [4.69, 9.17) is 18.9 Å². The third kappa shape index (κ3) is 5.36. The maximum Gasteiger partial charge on any atom is 0.307 e. The molecule has 4 rings (SSSR count). The van der Waals surface area contributed by atoms with E-state index in [1.165, 1.54) is 19.2 Å². The number of aliphatic hydroxyl groups excluding tert-OH is 1. The fourth-order valence-electron chi connectivity index (χ4n) is 4.52. The van der Waals surface area contributed by atoms with Crippen molar-refractivity contribution in [3.05, 3.63) is 59.7 Å². The standard InChI is InChI=1S/C25H31NO8S/c1-16-7-5-6-8-17(16)15-32-18-9-11-19(12-10-18)35(29,30)26-14-21(27)24-23(33-25(2,3)34-24)20(26)13-22(28)31-4/h5-12,20-21,23-24,27H,13-15H2,1-4H3/t20-,21-,23+,24-/m1/s1. The lowest BCUT2D eigenvalue weighted by Crippen LogP contribution is -2.62. The Balaban J connectivity index is 1.56. The number of aliphatic hydroxyl groups is 1. The number of ether oxygens (including phenoxy) is 4. The monoisotopic (exact) mass is 505 g/mol. The van der Waals surface area contributed by atoms with Gasteiger partial charge in [0, 0.05) is 6.54 Å². The number of methoxy groups -OCH3 is 1. The van der Waals surface area contributed by atoms with Gasteiger partial charge in [0.2, 0.25) is 10.0 Å². The number of rotatable bonds is 7. The zero-order valence-corrected chi connectivity index (χ0v) is 21.0. The number of fused-ring (bicyclic) bond motifs is 1. The van der Waals surface area contributed by atoms with E-state index in [2.05, 4.69) is 0 Å². The first-order valence-corrected chi connectivity index (χ1v) is 12.9. The van der Waals surface area contributed by atoms with Crippen LogP contribution in [0, 0.1) is 6.92 Å². The molecule has 2 saturated heterocycles. The Labute approximate surface area is 205 Å². The lowest BCUT2D eigenvalue weighted by molar-refractivity contribution is -0.154. The molecule has 0 radical (unpaired) electrons. The van der Waals surface area contributed by atoms with Gasteiger partial charge in [0.25, 0.3) is 0 Å². The minimum absolute atomic E-state index is 0.0134. The molecule has 2 aliphatic heterocycles. The molecule has 0 aromatic heterocycles. The molecule has 0 spiro atoms. The number of esters is 1. The van der Waals surface area contributed by atoms with Crippen LogP contribution in [-0.4, -0.2) is 67.6 Å². The summed E-state index contributed by atoms with van der Waals surface area (Å²) in [5.74, 6) is -1.09. The molecule has 2 aliphatic rings. The second-order valence-electron chi connectivity index (χ2n) is 9.24. The number of nitrogens with zero attached hydrogens (tertiary/aromatic N) is 1. The maximum atomic E-state index is 13.6. The van der Waals surface area contributed by atoms with Crippen LogP contribution < -0.4 is 4.74 Å². The second kappa shape index (κ2) is 9.87. The highest BCUT2D eigenvalue weighted by Crippen LogP contribution is 2.39. The van der Waals surface area contributed by atoms with Crippen molar-refractivity contribution >= 4 is 16.0 Å². The molecule has 9 nitrogen and oxygen atoms in total. The summed E-state index contributed by atoms with van der Waals surface area (Å²) in [6.07, 6.45) is -2.95. The lowest BCUT2D eigenvalue weighted by atomic mass is 9.94. The van der Waals surface area contributed by atoms with Gasteiger partial charge < -0.3 is 24.1 Å². The van der Waals surface area contributed by atoms with Gasteiger partial charge in [-0.3, -0.25) is 4.79 Å². The van der Waals surface area contributed by atoms with Crippen molar-refractivity contribution in [1.82, 2.24) is 4.31 Å². The van der Waals surface area contributed by atoms with Crippen LogP contribution in [0.5, 0.6) is 5.75 Å². The Morgan fingerprint density at radius 2 is 1.77 bits per heavy atom. The molecule has 2 aromatic carbocycles. The first-order valence-electron chi connectivity index (χ1n) is 11.4. The van der Waals surface area contributed by atoms with Crippen molar-refractivity contribution in [3.63, 3.8) is 0 Å². The average Bonchev–Trinajstić information content (AvgIpc) is 3.16. The molecule has 2 heterocycles. The molecule has 0 unspecified atom stereocenters. The summed E-state index contributed by atoms with van der Waals surface area (Å²) in [5.41, 5.74) is 2.14. The minimum Gasteiger partial charge on any atom is -0.489 e. The molecular weight excluding hydrogens is 474 g/mol. The zero-order chi connectivity index (χ0) is 25.4. The largest absolute Gasteiger partial charge is 0.489 e. The number of hydrogen-bond donors (Lipinski definition) is 1. The predicted molar refractivity (Wildman–Crippen MR) is 126 cm³/mol. The molecule has 0 amide bonds. The molecule has 0 aliphatic carbocycles. The molecule has 0 saturated carbocycles. The molecular formula is C25H31NO8S. The number of β-amino-alcohol motifs (C(OH)–C–C–N with tert-alkyl or cyclic N) is 1. The van der Waals surface area contributed by atoms with Crippen molar-refractivity contribution in [2.45, 2.75) is 68.8 Å². The summed E-state index contributed by atoms with van der Waals surface area (Å²) in [6, 6.07) is 13.0. The van der Waals surface area contributed by atoms with E-state index >= 15 is 0 Å². The van der Waals surface area contributed by atoms with Crippen LogP contribution in [0.4, 0.5) is 0 Å². The molecule has 2 aromatic rings. The summed E-state index contributed by atoms with van der Waals surface area (Å²) in [6.45, 7) is 5.48. The molecule has 10 heteroatoms. The first kappa shape index (κ1) is 25.6. The number of hydrogen-bond acceptors (Lipinski definition) is 8. The van der Waals surface area contributed by atoms with Crippen molar-refractivity contribution in [3.8, 4) is 5.75 Å². The highest BCUT2D eigenvalue weighted by atomic mass is 32.2. The Morgan fingerprint density at radius 1 is 1.11 bits per heavy atom. The molecule has 35 heavy (non-hydrogen) atoms. The number of benzene rings is 2. The van der Waals surface area contributed by atoms with Crippen molar-refractivity contribution in [2.75, 3.05) is 13.7 Å². The van der Waals surface area contributed by atoms with Gasteiger partial charge in [-0.05, 0) is 56.2 Å². The van der Waals surface area contributed by atoms with E-state index in [1.807, 2.05) is 31.2 Å². The summed E-state index contributed by atoms with van der Waals surface area (Å²) >= 11 is 0. The average molecular weight is 506 g/mol. The van der Waals surface area contributed by atoms with E-state index in [0.29, 0.717) is 12.4 Å². The second-order valence-corrected chi connectivity index (χ2v) is 11.1. The normalized spacial score (nSPS) is 26.2. The Hall–Kier alpha value is -2.50. The Kier molecular flexibility index (Phi) is 7.21. The molecule has 0 bridgehead atoms.